The van der Waals surface area contributed by atoms with Crippen LogP contribution in [0.4, 0.5) is 4.79 Å². The minimum Gasteiger partial charge on any atom is -0.463 e. The van der Waals surface area contributed by atoms with E-state index in [1.165, 1.54) is 9.21 Å². The summed E-state index contributed by atoms with van der Waals surface area (Å²) in [7, 11) is -2.04. The van der Waals surface area contributed by atoms with Gasteiger partial charge in [0.05, 0.1) is 23.1 Å². The van der Waals surface area contributed by atoms with E-state index in [-0.39, 0.29) is 36.7 Å². The number of nitrogens with zero attached hydrogens (tertiary/aromatic N) is 3. The lowest BCUT2D eigenvalue weighted by atomic mass is 9.94. The quantitative estimate of drug-likeness (QED) is 0.520. The fourth-order valence-corrected chi connectivity index (χ4v) is 6.72. The molecule has 1 N–H and O–H groups in total. The molecule has 1 fully saturated rings. The zero-order valence-electron chi connectivity index (χ0n) is 22.0. The van der Waals surface area contributed by atoms with Crippen molar-refractivity contribution in [3.05, 3.63) is 76.0 Å². The van der Waals surface area contributed by atoms with Gasteiger partial charge >= 0.3 is 12.0 Å². The van der Waals surface area contributed by atoms with E-state index in [9.17, 15) is 18.0 Å². The number of rotatable bonds is 7. The summed E-state index contributed by atoms with van der Waals surface area (Å²) >= 11 is 6.21. The number of ether oxygens (including phenoxy) is 1. The second-order valence-electron chi connectivity index (χ2n) is 9.59. The molecule has 1 saturated heterocycles. The topological polar surface area (TPSA) is 99.3 Å². The molecule has 2 amide bonds. The van der Waals surface area contributed by atoms with Gasteiger partial charge in [0.25, 0.3) is 0 Å². The third-order valence-electron chi connectivity index (χ3n) is 6.91. The monoisotopic (exact) mass is 560 g/mol. The lowest BCUT2D eigenvalue weighted by Crippen LogP contribution is -2.56. The second-order valence-corrected chi connectivity index (χ2v) is 11.9. The number of halogens is 1. The number of esters is 1. The van der Waals surface area contributed by atoms with E-state index in [1.807, 2.05) is 13.8 Å². The third kappa shape index (κ3) is 5.73. The van der Waals surface area contributed by atoms with Crippen LogP contribution in [0.3, 0.4) is 0 Å². The summed E-state index contributed by atoms with van der Waals surface area (Å²) in [6, 6.07) is 12.4. The molecule has 0 aliphatic carbocycles. The van der Waals surface area contributed by atoms with Gasteiger partial charge in [0, 0.05) is 50.0 Å². The predicted octanol–water partition coefficient (Wildman–Crippen LogP) is 3.56. The van der Waals surface area contributed by atoms with E-state index >= 15 is 0 Å². The molecular weight excluding hydrogens is 528 g/mol. The Morgan fingerprint density at radius 3 is 2.50 bits per heavy atom. The fraction of sp³-hybridized carbons (Fsp3) is 0.407. The van der Waals surface area contributed by atoms with Crippen LogP contribution in [0, 0.1) is 6.92 Å². The first-order valence-electron chi connectivity index (χ1n) is 12.5. The molecule has 38 heavy (non-hydrogen) atoms. The molecule has 2 heterocycles. The number of hydrogen-bond donors (Lipinski definition) is 1. The number of urea groups is 1. The SMILES string of the molecule is CCOC(=O)C1=C(CN2CCN(S(=O)(=O)c3ccc(C)cc3)[C@H](C)C2)N(C)C(=O)N[C@@H]1c1cccc(Cl)c1. The standard InChI is InChI=1S/C27H33ClN4O5S/c1-5-37-26(33)24-23(30(4)27(34)29-25(24)20-7-6-8-21(28)15-20)17-31-13-14-32(19(3)16-31)38(35,36)22-11-9-18(2)10-12-22/h6-12,15,19,25H,5,13-14,16-17H2,1-4H3,(H,29,34)/t19-,25-/m1/s1. The molecule has 2 aromatic rings. The van der Waals surface area contributed by atoms with Gasteiger partial charge in [-0.05, 0) is 50.6 Å². The molecule has 4 rings (SSSR count). The van der Waals surface area contributed by atoms with E-state index in [0.29, 0.717) is 34.9 Å². The van der Waals surface area contributed by atoms with Gasteiger partial charge in [-0.2, -0.15) is 4.31 Å². The van der Waals surface area contributed by atoms with Gasteiger partial charge < -0.3 is 10.1 Å². The Bertz CT molecular complexity index is 1350. The molecule has 0 unspecified atom stereocenters. The van der Waals surface area contributed by atoms with Crippen LogP contribution in [0.25, 0.3) is 0 Å². The van der Waals surface area contributed by atoms with Gasteiger partial charge in [-0.1, -0.05) is 41.4 Å². The molecule has 2 aromatic carbocycles. The summed E-state index contributed by atoms with van der Waals surface area (Å²) in [6.45, 7) is 7.12. The first-order chi connectivity index (χ1) is 18.0. The summed E-state index contributed by atoms with van der Waals surface area (Å²) in [5.41, 5.74) is 2.50. The molecule has 2 aliphatic rings. The lowest BCUT2D eigenvalue weighted by Gasteiger charge is -2.41. The second kappa shape index (κ2) is 11.4. The van der Waals surface area contributed by atoms with Crippen LogP contribution < -0.4 is 5.32 Å². The maximum Gasteiger partial charge on any atom is 0.338 e. The van der Waals surface area contributed by atoms with Crippen molar-refractivity contribution < 1.29 is 22.7 Å². The summed E-state index contributed by atoms with van der Waals surface area (Å²) < 4.78 is 33.5. The molecule has 0 saturated carbocycles. The maximum absolute atomic E-state index is 13.3. The van der Waals surface area contributed by atoms with Crippen molar-refractivity contribution >= 4 is 33.6 Å². The highest BCUT2D eigenvalue weighted by atomic mass is 35.5. The van der Waals surface area contributed by atoms with Crippen LogP contribution in [-0.2, 0) is 19.6 Å². The zero-order chi connectivity index (χ0) is 27.6. The number of piperazine rings is 1. The molecule has 204 valence electrons. The maximum atomic E-state index is 13.3. The average molecular weight is 561 g/mol. The van der Waals surface area contributed by atoms with Gasteiger partial charge in [-0.3, -0.25) is 9.80 Å². The van der Waals surface area contributed by atoms with Crippen molar-refractivity contribution in [3.63, 3.8) is 0 Å². The highest BCUT2D eigenvalue weighted by Crippen LogP contribution is 2.33. The Labute approximate surface area is 229 Å². The molecule has 0 aromatic heterocycles. The summed E-state index contributed by atoms with van der Waals surface area (Å²) in [4.78, 5) is 29.9. The first kappa shape index (κ1) is 28.1. The van der Waals surface area contributed by atoms with Crippen molar-refractivity contribution in [1.82, 2.24) is 19.4 Å². The number of hydrogen-bond acceptors (Lipinski definition) is 6. The summed E-state index contributed by atoms with van der Waals surface area (Å²) in [6.07, 6.45) is 0. The Hall–Kier alpha value is -2.92. The summed E-state index contributed by atoms with van der Waals surface area (Å²) in [5.74, 6) is -0.520. The third-order valence-corrected chi connectivity index (χ3v) is 9.17. The highest BCUT2D eigenvalue weighted by Gasteiger charge is 2.39. The van der Waals surface area contributed by atoms with E-state index in [2.05, 4.69) is 10.2 Å². The molecular formula is C27H33ClN4O5S. The number of carbonyl (C=O) groups excluding carboxylic acids is 2. The number of amides is 2. The average Bonchev–Trinajstić information content (AvgIpc) is 2.87. The molecule has 0 bridgehead atoms. The molecule has 0 spiro atoms. The minimum absolute atomic E-state index is 0.183. The van der Waals surface area contributed by atoms with Gasteiger partial charge in [0.1, 0.15) is 0 Å². The molecule has 9 nitrogen and oxygen atoms in total. The van der Waals surface area contributed by atoms with Crippen molar-refractivity contribution in [2.24, 2.45) is 0 Å². The molecule has 0 radical (unpaired) electrons. The van der Waals surface area contributed by atoms with Crippen LogP contribution >= 0.6 is 11.6 Å². The van der Waals surface area contributed by atoms with E-state index in [0.717, 1.165) is 5.56 Å². The highest BCUT2D eigenvalue weighted by molar-refractivity contribution is 7.89. The van der Waals surface area contributed by atoms with E-state index < -0.39 is 22.0 Å². The predicted molar refractivity (Wildman–Crippen MR) is 145 cm³/mol. The number of benzene rings is 2. The van der Waals surface area contributed by atoms with Crippen molar-refractivity contribution in [3.8, 4) is 0 Å². The van der Waals surface area contributed by atoms with Gasteiger partial charge in [0.15, 0.2) is 0 Å². The Morgan fingerprint density at radius 1 is 1.16 bits per heavy atom. The van der Waals surface area contributed by atoms with Crippen LogP contribution in [0.15, 0.2) is 64.7 Å². The lowest BCUT2D eigenvalue weighted by molar-refractivity contribution is -0.139. The fourth-order valence-electron chi connectivity index (χ4n) is 4.91. The van der Waals surface area contributed by atoms with E-state index in [4.69, 9.17) is 16.3 Å². The zero-order valence-corrected chi connectivity index (χ0v) is 23.6. The van der Waals surface area contributed by atoms with Crippen LogP contribution in [0.1, 0.15) is 31.0 Å². The van der Waals surface area contributed by atoms with Crippen molar-refractivity contribution in [2.75, 3.05) is 39.8 Å². The number of carbonyl (C=O) groups is 2. The van der Waals surface area contributed by atoms with Crippen molar-refractivity contribution in [2.45, 2.75) is 37.8 Å². The number of aryl methyl sites for hydroxylation is 1. The summed E-state index contributed by atoms with van der Waals surface area (Å²) in [5, 5.41) is 3.37. The van der Waals surface area contributed by atoms with E-state index in [1.54, 1.807) is 62.5 Å². The largest absolute Gasteiger partial charge is 0.463 e. The number of sulfonamides is 1. The molecule has 2 aliphatic heterocycles. The molecule has 2 atom stereocenters. The number of nitrogens with one attached hydrogen (secondary N) is 1. The first-order valence-corrected chi connectivity index (χ1v) is 14.4. The Balaban J connectivity index is 1.62. The van der Waals surface area contributed by atoms with Crippen LogP contribution in [0.2, 0.25) is 5.02 Å². The Kier molecular flexibility index (Phi) is 8.46. The normalized spacial score (nSPS) is 21.4. The minimum atomic E-state index is -3.65. The van der Waals surface area contributed by atoms with Crippen LogP contribution in [-0.4, -0.2) is 80.4 Å². The van der Waals surface area contributed by atoms with Crippen molar-refractivity contribution in [1.29, 1.82) is 0 Å². The Morgan fingerprint density at radius 2 is 1.87 bits per heavy atom. The van der Waals surface area contributed by atoms with Crippen LogP contribution in [0.5, 0.6) is 0 Å². The molecule has 11 heteroatoms. The van der Waals surface area contributed by atoms with Gasteiger partial charge in [-0.25, -0.2) is 18.0 Å². The smallest absolute Gasteiger partial charge is 0.338 e. The van der Waals surface area contributed by atoms with Gasteiger partial charge in [-0.15, -0.1) is 0 Å². The van der Waals surface area contributed by atoms with Gasteiger partial charge in [0.2, 0.25) is 10.0 Å². The number of likely N-dealkylation sites (N-methyl/N-ethyl adjacent to an activating group) is 1.